The Balaban J connectivity index is 1.75. The Morgan fingerprint density at radius 1 is 1.00 bits per heavy atom. The summed E-state index contributed by atoms with van der Waals surface area (Å²) < 4.78 is 5.32. The number of rotatable bonds is 8. The van der Waals surface area contributed by atoms with E-state index in [1.54, 1.807) is 29.2 Å². The van der Waals surface area contributed by atoms with E-state index in [0.29, 0.717) is 24.5 Å². The number of amides is 3. The number of nitrogens with zero attached hydrogens (tertiary/aromatic N) is 2. The Morgan fingerprint density at radius 2 is 1.59 bits per heavy atom. The zero-order chi connectivity index (χ0) is 19.6. The lowest BCUT2D eigenvalue weighted by molar-refractivity contribution is -0.129. The molecule has 0 radical (unpaired) electrons. The zero-order valence-corrected chi connectivity index (χ0v) is 16.0. The molecule has 1 aliphatic heterocycles. The molecule has 1 fully saturated rings. The van der Waals surface area contributed by atoms with Crippen LogP contribution in [0.3, 0.4) is 0 Å². The molecule has 1 aromatic rings. The first-order chi connectivity index (χ1) is 12.9. The van der Waals surface area contributed by atoms with Gasteiger partial charge >= 0.3 is 0 Å². The Kier molecular flexibility index (Phi) is 8.22. The highest BCUT2D eigenvalue weighted by Crippen LogP contribution is 2.13. The van der Waals surface area contributed by atoms with Crippen molar-refractivity contribution in [2.24, 2.45) is 0 Å². The molecular formula is C19H28N4O4. The molecule has 0 unspecified atom stereocenters. The van der Waals surface area contributed by atoms with Gasteiger partial charge in [-0.1, -0.05) is 0 Å². The van der Waals surface area contributed by atoms with Crippen LogP contribution in [0, 0.1) is 0 Å². The molecule has 1 heterocycles. The molecule has 148 valence electrons. The average molecular weight is 376 g/mol. The molecule has 27 heavy (non-hydrogen) atoms. The number of nitrogens with one attached hydrogen (secondary N) is 2. The zero-order valence-electron chi connectivity index (χ0n) is 16.0. The highest BCUT2D eigenvalue weighted by Gasteiger charge is 2.15. The third-order valence-corrected chi connectivity index (χ3v) is 4.33. The van der Waals surface area contributed by atoms with E-state index in [1.807, 2.05) is 0 Å². The standard InChI is InChI=1S/C19H28N4O4/c1-15(24)20-17-3-5-18(6-4-17)21-19(26)7-8-23(16(2)25)10-9-22-11-13-27-14-12-22/h3-6H,7-14H2,1-2H3,(H,20,24)(H,21,26). The fourth-order valence-corrected chi connectivity index (χ4v) is 2.81. The van der Waals surface area contributed by atoms with Crippen LogP contribution in [0.4, 0.5) is 11.4 Å². The monoisotopic (exact) mass is 376 g/mol. The summed E-state index contributed by atoms with van der Waals surface area (Å²) in [5.74, 6) is -0.330. The Morgan fingerprint density at radius 3 is 2.15 bits per heavy atom. The van der Waals surface area contributed by atoms with Crippen molar-refractivity contribution >= 4 is 29.1 Å². The SMILES string of the molecule is CC(=O)Nc1ccc(NC(=O)CCN(CCN2CCOCC2)C(C)=O)cc1. The summed E-state index contributed by atoms with van der Waals surface area (Å²) in [6.07, 6.45) is 0.232. The third kappa shape index (κ3) is 7.76. The molecule has 0 atom stereocenters. The molecule has 1 aromatic carbocycles. The van der Waals surface area contributed by atoms with Gasteiger partial charge in [0.15, 0.2) is 0 Å². The third-order valence-electron chi connectivity index (χ3n) is 4.33. The van der Waals surface area contributed by atoms with E-state index in [-0.39, 0.29) is 24.1 Å². The lowest BCUT2D eigenvalue weighted by Crippen LogP contribution is -2.43. The van der Waals surface area contributed by atoms with E-state index in [9.17, 15) is 14.4 Å². The number of carbonyl (C=O) groups excluding carboxylic acids is 3. The van der Waals surface area contributed by atoms with Gasteiger partial charge in [0.25, 0.3) is 0 Å². The molecule has 1 saturated heterocycles. The number of anilines is 2. The van der Waals surface area contributed by atoms with E-state index in [1.165, 1.54) is 13.8 Å². The van der Waals surface area contributed by atoms with Crippen molar-refractivity contribution in [3.8, 4) is 0 Å². The largest absolute Gasteiger partial charge is 0.379 e. The van der Waals surface area contributed by atoms with Gasteiger partial charge in [0.1, 0.15) is 0 Å². The topological polar surface area (TPSA) is 91.0 Å². The van der Waals surface area contributed by atoms with Crippen LogP contribution in [0.5, 0.6) is 0 Å². The van der Waals surface area contributed by atoms with Crippen LogP contribution < -0.4 is 10.6 Å². The van der Waals surface area contributed by atoms with Gasteiger partial charge in [-0.3, -0.25) is 19.3 Å². The van der Waals surface area contributed by atoms with Gasteiger partial charge in [-0.15, -0.1) is 0 Å². The quantitative estimate of drug-likeness (QED) is 0.710. The fraction of sp³-hybridized carbons (Fsp3) is 0.526. The van der Waals surface area contributed by atoms with Gasteiger partial charge in [0.2, 0.25) is 17.7 Å². The molecule has 8 heteroatoms. The number of benzene rings is 1. The van der Waals surface area contributed by atoms with Crippen LogP contribution in [0.25, 0.3) is 0 Å². The van der Waals surface area contributed by atoms with Crippen molar-refractivity contribution in [1.82, 2.24) is 9.80 Å². The van der Waals surface area contributed by atoms with E-state index in [2.05, 4.69) is 15.5 Å². The molecule has 2 rings (SSSR count). The highest BCUT2D eigenvalue weighted by molar-refractivity contribution is 5.92. The number of hydrogen-bond acceptors (Lipinski definition) is 5. The second-order valence-electron chi connectivity index (χ2n) is 6.52. The van der Waals surface area contributed by atoms with Crippen molar-refractivity contribution in [2.45, 2.75) is 20.3 Å². The molecule has 0 aromatic heterocycles. The summed E-state index contributed by atoms with van der Waals surface area (Å²) >= 11 is 0. The predicted molar refractivity (Wildman–Crippen MR) is 104 cm³/mol. The molecule has 0 bridgehead atoms. The summed E-state index contributed by atoms with van der Waals surface area (Å²) in [5.41, 5.74) is 1.32. The lowest BCUT2D eigenvalue weighted by atomic mass is 10.2. The first-order valence-electron chi connectivity index (χ1n) is 9.17. The van der Waals surface area contributed by atoms with Gasteiger partial charge in [0, 0.05) is 64.4 Å². The second kappa shape index (κ2) is 10.6. The molecule has 0 spiro atoms. The van der Waals surface area contributed by atoms with Crippen molar-refractivity contribution in [1.29, 1.82) is 0 Å². The van der Waals surface area contributed by atoms with Crippen LogP contribution in [0.15, 0.2) is 24.3 Å². The molecule has 3 amide bonds. The van der Waals surface area contributed by atoms with Crippen LogP contribution >= 0.6 is 0 Å². The maximum absolute atomic E-state index is 12.2. The van der Waals surface area contributed by atoms with Gasteiger partial charge in [-0.25, -0.2) is 0 Å². The van der Waals surface area contributed by atoms with Crippen LogP contribution in [0.2, 0.25) is 0 Å². The maximum Gasteiger partial charge on any atom is 0.226 e. The van der Waals surface area contributed by atoms with Crippen LogP contribution in [-0.4, -0.2) is 73.5 Å². The Labute approximate surface area is 159 Å². The van der Waals surface area contributed by atoms with Crippen molar-refractivity contribution in [3.05, 3.63) is 24.3 Å². The molecule has 0 saturated carbocycles. The number of hydrogen-bond donors (Lipinski definition) is 2. The highest BCUT2D eigenvalue weighted by atomic mass is 16.5. The van der Waals surface area contributed by atoms with Gasteiger partial charge in [-0.05, 0) is 24.3 Å². The molecule has 1 aliphatic rings. The van der Waals surface area contributed by atoms with Gasteiger partial charge < -0.3 is 20.3 Å². The summed E-state index contributed by atoms with van der Waals surface area (Å²) in [6, 6.07) is 6.90. The van der Waals surface area contributed by atoms with E-state index in [4.69, 9.17) is 4.74 Å². The minimum atomic E-state index is -0.153. The first kappa shape index (κ1) is 20.9. The Bertz CT molecular complexity index is 642. The van der Waals surface area contributed by atoms with E-state index >= 15 is 0 Å². The van der Waals surface area contributed by atoms with E-state index < -0.39 is 0 Å². The number of morpholine rings is 1. The molecule has 0 aliphatic carbocycles. The maximum atomic E-state index is 12.2. The summed E-state index contributed by atoms with van der Waals surface area (Å²) in [7, 11) is 0. The van der Waals surface area contributed by atoms with Crippen LogP contribution in [0.1, 0.15) is 20.3 Å². The van der Waals surface area contributed by atoms with Crippen molar-refractivity contribution in [3.63, 3.8) is 0 Å². The predicted octanol–water partition coefficient (Wildman–Crippen LogP) is 1.15. The summed E-state index contributed by atoms with van der Waals surface area (Å²) in [4.78, 5) is 39.0. The first-order valence-corrected chi connectivity index (χ1v) is 9.17. The normalized spacial score (nSPS) is 14.4. The molecule has 2 N–H and O–H groups in total. The van der Waals surface area contributed by atoms with Crippen molar-refractivity contribution < 1.29 is 19.1 Å². The summed E-state index contributed by atoms with van der Waals surface area (Å²) in [5, 5.41) is 5.48. The average Bonchev–Trinajstić information content (AvgIpc) is 2.63. The molecule has 8 nitrogen and oxygen atoms in total. The minimum Gasteiger partial charge on any atom is -0.379 e. The number of ether oxygens (including phenoxy) is 1. The lowest BCUT2D eigenvalue weighted by Gasteiger charge is -2.29. The van der Waals surface area contributed by atoms with Crippen molar-refractivity contribution in [2.75, 3.05) is 56.6 Å². The second-order valence-corrected chi connectivity index (χ2v) is 6.52. The summed E-state index contributed by atoms with van der Waals surface area (Å²) in [6.45, 7) is 7.94. The van der Waals surface area contributed by atoms with Crippen LogP contribution in [-0.2, 0) is 19.1 Å². The number of carbonyl (C=O) groups is 3. The Hall–Kier alpha value is -2.45. The minimum absolute atomic E-state index is 0.0317. The van der Waals surface area contributed by atoms with E-state index in [0.717, 1.165) is 32.8 Å². The molecular weight excluding hydrogens is 348 g/mol. The smallest absolute Gasteiger partial charge is 0.226 e. The fourth-order valence-electron chi connectivity index (χ4n) is 2.81. The van der Waals surface area contributed by atoms with Gasteiger partial charge in [-0.2, -0.15) is 0 Å². The van der Waals surface area contributed by atoms with Gasteiger partial charge in [0.05, 0.1) is 13.2 Å².